The zero-order valence-electron chi connectivity index (χ0n) is 15.9. The molecule has 3 rings (SSSR count). The summed E-state index contributed by atoms with van der Waals surface area (Å²) in [5.41, 5.74) is 0.675. The van der Waals surface area contributed by atoms with Gasteiger partial charge in [0.1, 0.15) is 0 Å². The van der Waals surface area contributed by atoms with Gasteiger partial charge < -0.3 is 16.0 Å². The number of fused-ring (bicyclic) bond motifs is 1. The van der Waals surface area contributed by atoms with E-state index in [4.69, 9.17) is 0 Å². The molecule has 1 heterocycles. The van der Waals surface area contributed by atoms with Crippen LogP contribution in [-0.2, 0) is 4.79 Å². The normalized spacial score (nSPS) is 25.0. The van der Waals surface area contributed by atoms with Gasteiger partial charge in [-0.25, -0.2) is 0 Å². The second-order valence-corrected chi connectivity index (χ2v) is 8.47. The van der Waals surface area contributed by atoms with Gasteiger partial charge in [0.05, 0.1) is 5.41 Å². The molecule has 26 heavy (non-hydrogen) atoms. The number of halogens is 1. The minimum atomic E-state index is -0.292. The highest BCUT2D eigenvalue weighted by molar-refractivity contribution is 5.99. The van der Waals surface area contributed by atoms with Crippen LogP contribution in [0.5, 0.6) is 0 Å². The molecule has 1 aliphatic heterocycles. The summed E-state index contributed by atoms with van der Waals surface area (Å²) in [7, 11) is 0. The van der Waals surface area contributed by atoms with Crippen molar-refractivity contribution in [1.82, 2.24) is 10.6 Å². The lowest BCUT2D eigenvalue weighted by atomic mass is 9.67. The predicted octanol–water partition coefficient (Wildman–Crippen LogP) is 3.36. The number of hydrogen-bond donors (Lipinski definition) is 3. The molecule has 1 aromatic carbocycles. The summed E-state index contributed by atoms with van der Waals surface area (Å²) < 4.78 is 0. The van der Waals surface area contributed by atoms with Crippen LogP contribution in [0.4, 0.5) is 5.69 Å². The largest absolute Gasteiger partial charge is 0.347 e. The lowest BCUT2D eigenvalue weighted by molar-refractivity contribution is -0.128. The quantitative estimate of drug-likeness (QED) is 0.754. The number of anilines is 1. The van der Waals surface area contributed by atoms with Gasteiger partial charge >= 0.3 is 0 Å². The Morgan fingerprint density at radius 1 is 1.23 bits per heavy atom. The van der Waals surface area contributed by atoms with Crippen molar-refractivity contribution >= 4 is 29.9 Å². The Balaban J connectivity index is 0.00000243. The van der Waals surface area contributed by atoms with E-state index < -0.39 is 0 Å². The fourth-order valence-electron chi connectivity index (χ4n) is 4.10. The van der Waals surface area contributed by atoms with Gasteiger partial charge in [0.25, 0.3) is 5.91 Å². The first-order chi connectivity index (χ1) is 11.8. The van der Waals surface area contributed by atoms with E-state index in [9.17, 15) is 9.59 Å². The zero-order chi connectivity index (χ0) is 18.1. The Labute approximate surface area is 162 Å². The van der Waals surface area contributed by atoms with Crippen LogP contribution in [0.25, 0.3) is 0 Å². The molecule has 6 heteroatoms. The molecule has 144 valence electrons. The minimum absolute atomic E-state index is 0. The third kappa shape index (κ3) is 4.38. The molecule has 3 N–H and O–H groups in total. The van der Waals surface area contributed by atoms with Crippen molar-refractivity contribution in [3.63, 3.8) is 0 Å². The van der Waals surface area contributed by atoms with Gasteiger partial charge in [-0.3, -0.25) is 9.59 Å². The molecule has 1 aliphatic carbocycles. The van der Waals surface area contributed by atoms with E-state index in [-0.39, 0.29) is 35.2 Å². The van der Waals surface area contributed by atoms with Gasteiger partial charge in [-0.1, -0.05) is 18.9 Å². The van der Waals surface area contributed by atoms with E-state index in [1.807, 2.05) is 32.9 Å². The average Bonchev–Trinajstić information content (AvgIpc) is 2.99. The third-order valence-corrected chi connectivity index (χ3v) is 5.36. The molecule has 0 spiro atoms. The van der Waals surface area contributed by atoms with Crippen LogP contribution in [0, 0.1) is 11.3 Å². The lowest BCUT2D eigenvalue weighted by Gasteiger charge is -2.37. The maximum Gasteiger partial charge on any atom is 0.251 e. The third-order valence-electron chi connectivity index (χ3n) is 5.36. The summed E-state index contributed by atoms with van der Waals surface area (Å²) in [6, 6.07) is 7.20. The fraction of sp³-hybridized carbons (Fsp3) is 0.600. The Hall–Kier alpha value is -1.59. The van der Waals surface area contributed by atoms with Crippen molar-refractivity contribution in [1.29, 1.82) is 0 Å². The number of rotatable bonds is 3. The number of hydrogen-bond acceptors (Lipinski definition) is 3. The molecule has 1 saturated carbocycles. The fourth-order valence-corrected chi connectivity index (χ4v) is 4.10. The topological polar surface area (TPSA) is 70.2 Å². The maximum atomic E-state index is 13.0. The molecule has 0 bridgehead atoms. The van der Waals surface area contributed by atoms with Gasteiger partial charge in [0, 0.05) is 23.3 Å². The van der Waals surface area contributed by atoms with Crippen LogP contribution in [-0.4, -0.2) is 30.4 Å². The van der Waals surface area contributed by atoms with E-state index in [1.54, 1.807) is 12.1 Å². The summed E-state index contributed by atoms with van der Waals surface area (Å²) in [5, 5.41) is 9.43. The Kier molecular flexibility index (Phi) is 6.35. The number of nitrogens with one attached hydrogen (secondary N) is 3. The zero-order valence-corrected chi connectivity index (χ0v) is 16.7. The number of carbonyl (C=O) groups excluding carboxylic acids is 2. The van der Waals surface area contributed by atoms with Crippen molar-refractivity contribution in [3.05, 3.63) is 29.8 Å². The van der Waals surface area contributed by atoms with E-state index in [0.29, 0.717) is 17.2 Å². The smallest absolute Gasteiger partial charge is 0.251 e. The Morgan fingerprint density at radius 3 is 2.73 bits per heavy atom. The summed E-state index contributed by atoms with van der Waals surface area (Å²) >= 11 is 0. The van der Waals surface area contributed by atoms with Crippen LogP contribution >= 0.6 is 12.4 Å². The van der Waals surface area contributed by atoms with Crippen molar-refractivity contribution < 1.29 is 9.59 Å². The number of amides is 2. The lowest BCUT2D eigenvalue weighted by Crippen LogP contribution is -2.44. The highest BCUT2D eigenvalue weighted by Gasteiger charge is 2.49. The second-order valence-electron chi connectivity index (χ2n) is 8.47. The first kappa shape index (κ1) is 20.7. The maximum absolute atomic E-state index is 13.0. The second kappa shape index (κ2) is 7.97. The molecule has 0 unspecified atom stereocenters. The number of carbonyl (C=O) groups is 2. The monoisotopic (exact) mass is 379 g/mol. The van der Waals surface area contributed by atoms with Crippen LogP contribution in [0.1, 0.15) is 56.8 Å². The van der Waals surface area contributed by atoms with Crippen LogP contribution in [0.3, 0.4) is 0 Å². The highest BCUT2D eigenvalue weighted by atomic mass is 35.5. The van der Waals surface area contributed by atoms with E-state index >= 15 is 0 Å². The van der Waals surface area contributed by atoms with Crippen LogP contribution < -0.4 is 16.0 Å². The van der Waals surface area contributed by atoms with Crippen LogP contribution in [0.2, 0.25) is 0 Å². The molecule has 2 atom stereocenters. The van der Waals surface area contributed by atoms with Gasteiger partial charge in [0.2, 0.25) is 5.91 Å². The molecular formula is C20H30ClN3O2. The summed E-state index contributed by atoms with van der Waals surface area (Å²) in [6.45, 7) is 7.54. The van der Waals surface area contributed by atoms with Gasteiger partial charge in [-0.05, 0) is 64.3 Å². The van der Waals surface area contributed by atoms with Crippen molar-refractivity contribution in [2.24, 2.45) is 11.3 Å². The van der Waals surface area contributed by atoms with E-state index in [1.165, 1.54) is 6.42 Å². The average molecular weight is 380 g/mol. The molecular weight excluding hydrogens is 350 g/mol. The van der Waals surface area contributed by atoms with Gasteiger partial charge in [-0.15, -0.1) is 12.4 Å². The molecule has 0 radical (unpaired) electrons. The number of benzene rings is 1. The molecule has 2 fully saturated rings. The van der Waals surface area contributed by atoms with E-state index in [0.717, 1.165) is 32.4 Å². The SMILES string of the molecule is CC(C)(C)NC(=O)c1cccc(NC(=O)[C@@]23CCCC[C@H]2CNC3)c1.Cl. The minimum Gasteiger partial charge on any atom is -0.347 e. The Bertz CT molecular complexity index is 671. The standard InChI is InChI=1S/C20H29N3O2.ClH/c1-19(2,3)23-17(24)14-7-6-9-16(11-14)22-18(25)20-10-5-4-8-15(20)12-21-13-20;/h6-7,9,11,15,21H,4-5,8,10,12-13H2,1-3H3,(H,22,25)(H,23,24);1H/t15-,20+;/m0./s1. The van der Waals surface area contributed by atoms with E-state index in [2.05, 4.69) is 16.0 Å². The predicted molar refractivity (Wildman–Crippen MR) is 107 cm³/mol. The summed E-state index contributed by atoms with van der Waals surface area (Å²) in [4.78, 5) is 25.4. The molecule has 2 amide bonds. The van der Waals surface area contributed by atoms with Gasteiger partial charge in [-0.2, -0.15) is 0 Å². The van der Waals surface area contributed by atoms with Crippen LogP contribution in [0.15, 0.2) is 24.3 Å². The van der Waals surface area contributed by atoms with Crippen molar-refractivity contribution in [2.75, 3.05) is 18.4 Å². The van der Waals surface area contributed by atoms with Gasteiger partial charge in [0.15, 0.2) is 0 Å². The highest BCUT2D eigenvalue weighted by Crippen LogP contribution is 2.44. The molecule has 1 saturated heterocycles. The summed E-state index contributed by atoms with van der Waals surface area (Å²) in [6.07, 6.45) is 4.39. The summed E-state index contributed by atoms with van der Waals surface area (Å²) in [5.74, 6) is 0.393. The first-order valence-electron chi connectivity index (χ1n) is 9.25. The molecule has 1 aromatic rings. The van der Waals surface area contributed by atoms with Crippen molar-refractivity contribution in [2.45, 2.75) is 52.0 Å². The Morgan fingerprint density at radius 2 is 2.00 bits per heavy atom. The first-order valence-corrected chi connectivity index (χ1v) is 9.25. The molecule has 5 nitrogen and oxygen atoms in total. The molecule has 0 aromatic heterocycles. The molecule has 2 aliphatic rings. The van der Waals surface area contributed by atoms with Crippen molar-refractivity contribution in [3.8, 4) is 0 Å².